The summed E-state index contributed by atoms with van der Waals surface area (Å²) in [5, 5.41) is 3.89. The third-order valence-corrected chi connectivity index (χ3v) is 6.45. The quantitative estimate of drug-likeness (QED) is 0.208. The van der Waals surface area contributed by atoms with Crippen LogP contribution in [0.15, 0.2) is 66.7 Å². The first kappa shape index (κ1) is 28.8. The molecule has 0 fully saturated rings. The second-order valence-electron chi connectivity index (χ2n) is 8.67. The van der Waals surface area contributed by atoms with Crippen molar-refractivity contribution >= 4 is 57.8 Å². The Hall–Kier alpha value is -4.21. The number of nitrogens with zero attached hydrogens (tertiary/aromatic N) is 1. The van der Waals surface area contributed by atoms with Crippen LogP contribution >= 0.6 is 23.2 Å². The van der Waals surface area contributed by atoms with Crippen LogP contribution in [-0.4, -0.2) is 48.1 Å². The van der Waals surface area contributed by atoms with Crippen molar-refractivity contribution in [2.24, 2.45) is 0 Å². The van der Waals surface area contributed by atoms with Gasteiger partial charge in [0.1, 0.15) is 24.6 Å². The number of carbonyl (C=O) groups is 3. The van der Waals surface area contributed by atoms with E-state index in [1.54, 1.807) is 37.3 Å². The molecule has 4 aromatic rings. The summed E-state index contributed by atoms with van der Waals surface area (Å²) < 4.78 is 15.8. The molecule has 0 atom stereocenters. The lowest BCUT2D eigenvalue weighted by Gasteiger charge is -2.22. The van der Waals surface area contributed by atoms with Crippen LogP contribution in [0.3, 0.4) is 0 Å². The average Bonchev–Trinajstić information content (AvgIpc) is 3.31. The number of aromatic amines is 1. The zero-order chi connectivity index (χ0) is 28.6. The van der Waals surface area contributed by atoms with Gasteiger partial charge in [-0.3, -0.25) is 4.79 Å². The normalized spacial score (nSPS) is 10.7. The van der Waals surface area contributed by atoms with E-state index in [1.807, 2.05) is 30.3 Å². The van der Waals surface area contributed by atoms with Gasteiger partial charge in [-0.05, 0) is 48.9 Å². The van der Waals surface area contributed by atoms with Crippen molar-refractivity contribution in [3.05, 3.63) is 93.6 Å². The highest BCUT2D eigenvalue weighted by molar-refractivity contribution is 6.39. The Bertz CT molecular complexity index is 1510. The van der Waals surface area contributed by atoms with E-state index >= 15 is 0 Å². The molecule has 40 heavy (non-hydrogen) atoms. The first-order valence-electron chi connectivity index (χ1n) is 12.3. The van der Waals surface area contributed by atoms with Crippen LogP contribution in [0.2, 0.25) is 10.0 Å². The molecule has 4 rings (SSSR count). The number of fused-ring (bicyclic) bond motifs is 1. The molecule has 0 unspecified atom stereocenters. The van der Waals surface area contributed by atoms with E-state index in [-0.39, 0.29) is 30.4 Å². The number of halogens is 2. The second-order valence-corrected chi connectivity index (χ2v) is 9.51. The van der Waals surface area contributed by atoms with Crippen molar-refractivity contribution < 1.29 is 28.6 Å². The Morgan fingerprint density at radius 2 is 1.73 bits per heavy atom. The predicted octanol–water partition coefficient (Wildman–Crippen LogP) is 6.44. The fraction of sp³-hybridized carbons (Fsp3) is 0.207. The summed E-state index contributed by atoms with van der Waals surface area (Å²) in [6, 6.07) is 19.1. The fourth-order valence-corrected chi connectivity index (χ4v) is 4.65. The molecule has 1 heterocycles. The third-order valence-electron chi connectivity index (χ3n) is 5.94. The van der Waals surface area contributed by atoms with Crippen LogP contribution in [0.25, 0.3) is 10.9 Å². The van der Waals surface area contributed by atoms with Gasteiger partial charge in [0.05, 0.1) is 25.3 Å². The molecule has 0 saturated heterocycles. The van der Waals surface area contributed by atoms with E-state index in [1.165, 1.54) is 18.1 Å². The lowest BCUT2D eigenvalue weighted by Crippen LogP contribution is -2.39. The largest absolute Gasteiger partial charge is 0.489 e. The Morgan fingerprint density at radius 1 is 1.00 bits per heavy atom. The maximum Gasteiger partial charge on any atom is 0.355 e. The number of aromatic nitrogens is 1. The molecule has 0 bridgehead atoms. The van der Waals surface area contributed by atoms with Gasteiger partial charge in [-0.1, -0.05) is 53.5 Å². The molecule has 3 aromatic carbocycles. The molecular formula is C29H27Cl2N3O6. The summed E-state index contributed by atoms with van der Waals surface area (Å²) in [4.78, 5) is 42.6. The van der Waals surface area contributed by atoms with Gasteiger partial charge >= 0.3 is 18.0 Å². The maximum absolute atomic E-state index is 13.4. The van der Waals surface area contributed by atoms with Gasteiger partial charge in [0.15, 0.2) is 0 Å². The number of urea groups is 1. The smallest absolute Gasteiger partial charge is 0.355 e. The molecule has 0 spiro atoms. The fourth-order valence-electron chi connectivity index (χ4n) is 4.04. The molecule has 0 aliphatic carbocycles. The van der Waals surface area contributed by atoms with Crippen LogP contribution < -0.4 is 10.1 Å². The number of anilines is 1. The number of amides is 2. The number of carbonyl (C=O) groups excluding carboxylic acids is 3. The minimum atomic E-state index is -0.647. The minimum absolute atomic E-state index is 0.101. The first-order chi connectivity index (χ1) is 19.3. The number of rotatable bonds is 10. The number of hydrogen-bond acceptors (Lipinski definition) is 6. The third kappa shape index (κ3) is 7.05. The average molecular weight is 584 g/mol. The van der Waals surface area contributed by atoms with E-state index in [9.17, 15) is 14.4 Å². The number of H-pyrrole nitrogens is 1. The summed E-state index contributed by atoms with van der Waals surface area (Å²) in [6.45, 7) is 1.68. The van der Waals surface area contributed by atoms with Gasteiger partial charge in [0.25, 0.3) is 0 Å². The zero-order valence-electron chi connectivity index (χ0n) is 21.8. The van der Waals surface area contributed by atoms with Gasteiger partial charge in [-0.25, -0.2) is 9.59 Å². The Labute approximate surface area is 240 Å². The van der Waals surface area contributed by atoms with Gasteiger partial charge in [-0.15, -0.1) is 0 Å². The Balaban J connectivity index is 1.57. The number of methoxy groups -OCH3 is 1. The van der Waals surface area contributed by atoms with Gasteiger partial charge < -0.3 is 29.4 Å². The minimum Gasteiger partial charge on any atom is -0.489 e. The molecule has 0 radical (unpaired) electrons. The monoisotopic (exact) mass is 583 g/mol. The van der Waals surface area contributed by atoms with Gasteiger partial charge in [-0.2, -0.15) is 0 Å². The van der Waals surface area contributed by atoms with Crippen molar-refractivity contribution in [1.82, 2.24) is 9.88 Å². The van der Waals surface area contributed by atoms with Crippen LogP contribution in [0.5, 0.6) is 5.75 Å². The molecule has 0 aliphatic heterocycles. The van der Waals surface area contributed by atoms with Gasteiger partial charge in [0.2, 0.25) is 0 Å². The lowest BCUT2D eigenvalue weighted by atomic mass is 10.1. The zero-order valence-corrected chi connectivity index (χ0v) is 23.3. The van der Waals surface area contributed by atoms with E-state index in [2.05, 4.69) is 10.3 Å². The van der Waals surface area contributed by atoms with Crippen LogP contribution in [0.4, 0.5) is 10.5 Å². The molecule has 2 amide bonds. The molecule has 2 N–H and O–H groups in total. The molecule has 11 heteroatoms. The molecule has 9 nitrogen and oxygen atoms in total. The van der Waals surface area contributed by atoms with E-state index < -0.39 is 18.0 Å². The number of benzene rings is 3. The van der Waals surface area contributed by atoms with Crippen molar-refractivity contribution in [1.29, 1.82) is 0 Å². The van der Waals surface area contributed by atoms with Crippen molar-refractivity contribution in [2.75, 3.05) is 25.6 Å². The van der Waals surface area contributed by atoms with Crippen LogP contribution in [-0.2, 0) is 27.4 Å². The van der Waals surface area contributed by atoms with Gasteiger partial charge in [0, 0.05) is 27.2 Å². The van der Waals surface area contributed by atoms with Crippen molar-refractivity contribution in [3.8, 4) is 5.75 Å². The van der Waals surface area contributed by atoms with Crippen molar-refractivity contribution in [2.45, 2.75) is 20.1 Å². The predicted molar refractivity (Wildman–Crippen MR) is 153 cm³/mol. The highest BCUT2D eigenvalue weighted by Crippen LogP contribution is 2.34. The van der Waals surface area contributed by atoms with Crippen molar-refractivity contribution in [3.63, 3.8) is 0 Å². The summed E-state index contributed by atoms with van der Waals surface area (Å²) in [5.41, 5.74) is 2.46. The Morgan fingerprint density at radius 3 is 2.40 bits per heavy atom. The molecule has 0 aliphatic rings. The number of esters is 2. The molecule has 0 saturated carbocycles. The molecule has 208 valence electrons. The summed E-state index contributed by atoms with van der Waals surface area (Å²) in [6.07, 6.45) is 0. The maximum atomic E-state index is 13.4. The van der Waals surface area contributed by atoms with E-state index in [0.717, 1.165) is 5.56 Å². The van der Waals surface area contributed by atoms with E-state index in [0.29, 0.717) is 39.5 Å². The summed E-state index contributed by atoms with van der Waals surface area (Å²) in [5.74, 6) is -0.656. The number of ether oxygens (including phenoxy) is 3. The van der Waals surface area contributed by atoms with E-state index in [4.69, 9.17) is 37.4 Å². The second kappa shape index (κ2) is 13.2. The highest BCUT2D eigenvalue weighted by atomic mass is 35.5. The Kier molecular flexibility index (Phi) is 9.52. The van der Waals surface area contributed by atoms with Crippen LogP contribution in [0.1, 0.15) is 28.5 Å². The topological polar surface area (TPSA) is 110 Å². The molecule has 1 aromatic heterocycles. The first-order valence-corrected chi connectivity index (χ1v) is 13.1. The number of hydrogen-bond donors (Lipinski definition) is 2. The summed E-state index contributed by atoms with van der Waals surface area (Å²) in [7, 11) is 1.22. The standard InChI is InChI=1S/C29H27Cl2N3O6/c1-3-39-28(36)27-22(26-23(31)13-19(30)14-24(26)33-27)15-34(16-25(35)38-2)29(37)32-20-9-11-21(12-10-20)40-17-18-7-5-4-6-8-18/h4-14,33H,3,15-17H2,1-2H3,(H,32,37). The summed E-state index contributed by atoms with van der Waals surface area (Å²) >= 11 is 12.6. The van der Waals surface area contributed by atoms with Crippen LogP contribution in [0, 0.1) is 0 Å². The number of nitrogens with one attached hydrogen (secondary N) is 2. The SMILES string of the molecule is CCOC(=O)c1[nH]c2cc(Cl)cc(Cl)c2c1CN(CC(=O)OC)C(=O)Nc1ccc(OCc2ccccc2)cc1. The molecular weight excluding hydrogens is 557 g/mol. The highest BCUT2D eigenvalue weighted by Gasteiger charge is 2.26. The lowest BCUT2D eigenvalue weighted by molar-refractivity contribution is -0.141.